The van der Waals surface area contributed by atoms with Gasteiger partial charge in [-0.15, -0.1) is 0 Å². The van der Waals surface area contributed by atoms with Gasteiger partial charge in [-0.2, -0.15) is 5.26 Å². The molecule has 3 amide bonds. The van der Waals surface area contributed by atoms with Crippen LogP contribution in [0.25, 0.3) is 0 Å². The molecule has 1 aliphatic rings. The standard InChI is InChI=1S/C17H21ClN4O2/c1-21(2)17(24)22-9-7-13(8-10-22)16(23)20-15(11-19)12-3-5-14(18)6-4-12/h3-6,13,15H,7-10H2,1-2H3,(H,20,23)/t15-/m1/s1. The summed E-state index contributed by atoms with van der Waals surface area (Å²) in [6.07, 6.45) is 1.20. The van der Waals surface area contributed by atoms with Gasteiger partial charge in [0.15, 0.2) is 0 Å². The van der Waals surface area contributed by atoms with Crippen LogP contribution in [0.15, 0.2) is 24.3 Å². The Bertz CT molecular complexity index is 631. The zero-order chi connectivity index (χ0) is 17.7. The summed E-state index contributed by atoms with van der Waals surface area (Å²) in [5.41, 5.74) is 0.704. The molecule has 1 saturated heterocycles. The van der Waals surface area contributed by atoms with Crippen molar-refractivity contribution < 1.29 is 9.59 Å². The lowest BCUT2D eigenvalue weighted by Gasteiger charge is -2.33. The van der Waals surface area contributed by atoms with Crippen LogP contribution in [0.3, 0.4) is 0 Å². The van der Waals surface area contributed by atoms with Crippen molar-refractivity contribution in [1.29, 1.82) is 5.26 Å². The van der Waals surface area contributed by atoms with E-state index in [-0.39, 0.29) is 17.9 Å². The average Bonchev–Trinajstić information content (AvgIpc) is 2.59. The van der Waals surface area contributed by atoms with Crippen molar-refractivity contribution in [3.8, 4) is 6.07 Å². The molecule has 24 heavy (non-hydrogen) atoms. The lowest BCUT2D eigenvalue weighted by Crippen LogP contribution is -2.46. The predicted octanol–water partition coefficient (Wildman–Crippen LogP) is 2.41. The van der Waals surface area contributed by atoms with Crippen LogP contribution >= 0.6 is 11.6 Å². The Labute approximate surface area is 147 Å². The first-order valence-corrected chi connectivity index (χ1v) is 8.22. The highest BCUT2D eigenvalue weighted by Gasteiger charge is 2.29. The molecule has 0 radical (unpaired) electrons. The monoisotopic (exact) mass is 348 g/mol. The third-order valence-electron chi connectivity index (χ3n) is 4.14. The lowest BCUT2D eigenvalue weighted by atomic mass is 9.95. The summed E-state index contributed by atoms with van der Waals surface area (Å²) in [7, 11) is 3.43. The van der Waals surface area contributed by atoms with Crippen LogP contribution in [-0.2, 0) is 4.79 Å². The van der Waals surface area contributed by atoms with Gasteiger partial charge in [-0.1, -0.05) is 23.7 Å². The van der Waals surface area contributed by atoms with Gasteiger partial charge in [-0.25, -0.2) is 4.79 Å². The number of nitrogens with zero attached hydrogens (tertiary/aromatic N) is 3. The van der Waals surface area contributed by atoms with Crippen molar-refractivity contribution >= 4 is 23.5 Å². The SMILES string of the molecule is CN(C)C(=O)N1CCC(C(=O)N[C@H](C#N)c2ccc(Cl)cc2)CC1. The minimum atomic E-state index is -0.698. The number of benzene rings is 1. The molecule has 1 N–H and O–H groups in total. The highest BCUT2D eigenvalue weighted by atomic mass is 35.5. The normalized spacial score (nSPS) is 16.2. The van der Waals surface area contributed by atoms with Crippen molar-refractivity contribution in [3.05, 3.63) is 34.9 Å². The third kappa shape index (κ3) is 4.39. The van der Waals surface area contributed by atoms with Crippen LogP contribution < -0.4 is 5.32 Å². The van der Waals surface area contributed by atoms with Crippen molar-refractivity contribution in [3.63, 3.8) is 0 Å². The number of halogens is 1. The Morgan fingerprint density at radius 1 is 1.29 bits per heavy atom. The lowest BCUT2D eigenvalue weighted by molar-refractivity contribution is -0.126. The number of amides is 3. The average molecular weight is 349 g/mol. The van der Waals surface area contributed by atoms with Gasteiger partial charge in [0.25, 0.3) is 0 Å². The first-order valence-electron chi connectivity index (χ1n) is 7.84. The minimum Gasteiger partial charge on any atom is -0.336 e. The molecule has 1 aromatic carbocycles. The maximum atomic E-state index is 12.4. The summed E-state index contributed by atoms with van der Waals surface area (Å²) >= 11 is 5.84. The number of carbonyl (C=O) groups excluding carboxylic acids is 2. The van der Waals surface area contributed by atoms with Crippen LogP contribution in [0.5, 0.6) is 0 Å². The van der Waals surface area contributed by atoms with Crippen molar-refractivity contribution in [2.75, 3.05) is 27.2 Å². The van der Waals surface area contributed by atoms with Crippen LogP contribution in [-0.4, -0.2) is 48.9 Å². The highest BCUT2D eigenvalue weighted by molar-refractivity contribution is 6.30. The molecule has 0 unspecified atom stereocenters. The van der Waals surface area contributed by atoms with Gasteiger partial charge in [0, 0.05) is 38.1 Å². The van der Waals surface area contributed by atoms with Crippen molar-refractivity contribution in [1.82, 2.24) is 15.1 Å². The predicted molar refractivity (Wildman–Crippen MR) is 91.3 cm³/mol. The van der Waals surface area contributed by atoms with Gasteiger partial charge < -0.3 is 15.1 Å². The Hall–Kier alpha value is -2.26. The summed E-state index contributed by atoms with van der Waals surface area (Å²) in [6.45, 7) is 1.10. The summed E-state index contributed by atoms with van der Waals surface area (Å²) in [5, 5.41) is 12.7. The minimum absolute atomic E-state index is 0.0371. The summed E-state index contributed by atoms with van der Waals surface area (Å²) in [4.78, 5) is 27.6. The molecule has 1 aliphatic heterocycles. The second kappa shape index (κ2) is 8.02. The first-order chi connectivity index (χ1) is 11.4. The number of likely N-dealkylation sites (tertiary alicyclic amines) is 1. The number of carbonyl (C=O) groups is 2. The van der Waals surface area contributed by atoms with E-state index in [0.717, 1.165) is 0 Å². The molecule has 1 atom stereocenters. The topological polar surface area (TPSA) is 76.4 Å². The van der Waals surface area contributed by atoms with Gasteiger partial charge in [0.1, 0.15) is 6.04 Å². The molecule has 1 aromatic rings. The molecule has 7 heteroatoms. The van der Waals surface area contributed by atoms with Gasteiger partial charge in [0.05, 0.1) is 6.07 Å². The number of nitriles is 1. The van der Waals surface area contributed by atoms with Gasteiger partial charge >= 0.3 is 6.03 Å². The number of hydrogen-bond donors (Lipinski definition) is 1. The summed E-state index contributed by atoms with van der Waals surface area (Å²) in [6, 6.07) is 8.22. The van der Waals surface area contributed by atoms with Gasteiger partial charge in [0.2, 0.25) is 5.91 Å². The van der Waals surface area contributed by atoms with Crippen LogP contribution in [0.1, 0.15) is 24.4 Å². The smallest absolute Gasteiger partial charge is 0.319 e. The molecule has 0 saturated carbocycles. The van der Waals surface area contributed by atoms with E-state index in [4.69, 9.17) is 11.6 Å². The number of hydrogen-bond acceptors (Lipinski definition) is 3. The van der Waals surface area contributed by atoms with E-state index in [0.29, 0.717) is 36.5 Å². The Kier molecular flexibility index (Phi) is 6.04. The Morgan fingerprint density at radius 2 is 1.88 bits per heavy atom. The Morgan fingerprint density at radius 3 is 2.38 bits per heavy atom. The van der Waals surface area contributed by atoms with Gasteiger partial charge in [-0.05, 0) is 30.5 Å². The molecule has 0 spiro atoms. The highest BCUT2D eigenvalue weighted by Crippen LogP contribution is 2.21. The third-order valence-corrected chi connectivity index (χ3v) is 4.39. The summed E-state index contributed by atoms with van der Waals surface area (Å²) in [5.74, 6) is -0.326. The molecule has 6 nitrogen and oxygen atoms in total. The van der Waals surface area contributed by atoms with Crippen LogP contribution in [0.2, 0.25) is 5.02 Å². The second-order valence-corrected chi connectivity index (χ2v) is 6.50. The zero-order valence-electron chi connectivity index (χ0n) is 13.8. The Balaban J connectivity index is 1.92. The summed E-state index contributed by atoms with van der Waals surface area (Å²) < 4.78 is 0. The molecule has 1 heterocycles. The zero-order valence-corrected chi connectivity index (χ0v) is 14.6. The van der Waals surface area contributed by atoms with Gasteiger partial charge in [-0.3, -0.25) is 4.79 Å². The van der Waals surface area contributed by atoms with Crippen LogP contribution in [0, 0.1) is 17.2 Å². The largest absolute Gasteiger partial charge is 0.336 e. The molecular weight excluding hydrogens is 328 g/mol. The number of urea groups is 1. The maximum Gasteiger partial charge on any atom is 0.319 e. The quantitative estimate of drug-likeness (QED) is 0.911. The second-order valence-electron chi connectivity index (χ2n) is 6.06. The van der Waals surface area contributed by atoms with E-state index < -0.39 is 6.04 Å². The van der Waals surface area contributed by atoms with E-state index in [9.17, 15) is 14.9 Å². The van der Waals surface area contributed by atoms with E-state index in [1.807, 2.05) is 0 Å². The fourth-order valence-corrected chi connectivity index (χ4v) is 2.85. The fourth-order valence-electron chi connectivity index (χ4n) is 2.72. The van der Waals surface area contributed by atoms with E-state index in [1.165, 1.54) is 4.90 Å². The molecule has 0 aromatic heterocycles. The van der Waals surface area contributed by atoms with E-state index in [1.54, 1.807) is 43.3 Å². The molecule has 2 rings (SSSR count). The molecule has 128 valence electrons. The van der Waals surface area contributed by atoms with Crippen molar-refractivity contribution in [2.45, 2.75) is 18.9 Å². The molecule has 0 aliphatic carbocycles. The maximum absolute atomic E-state index is 12.4. The van der Waals surface area contributed by atoms with E-state index >= 15 is 0 Å². The number of nitrogens with one attached hydrogen (secondary N) is 1. The first kappa shape index (κ1) is 18.1. The van der Waals surface area contributed by atoms with Crippen LogP contribution in [0.4, 0.5) is 4.79 Å². The fraction of sp³-hybridized carbons (Fsp3) is 0.471. The molecule has 1 fully saturated rings. The molecular formula is C17H21ClN4O2. The number of piperidine rings is 1. The number of rotatable bonds is 3. The van der Waals surface area contributed by atoms with Crippen molar-refractivity contribution in [2.24, 2.45) is 5.92 Å². The molecule has 0 bridgehead atoms. The van der Waals surface area contributed by atoms with E-state index in [2.05, 4.69) is 11.4 Å².